The van der Waals surface area contributed by atoms with Crippen molar-refractivity contribution in [2.24, 2.45) is 0 Å². The van der Waals surface area contributed by atoms with E-state index >= 15 is 0 Å². The number of ether oxygens (including phenoxy) is 1. The van der Waals surface area contributed by atoms with E-state index in [4.69, 9.17) is 4.74 Å². The van der Waals surface area contributed by atoms with Gasteiger partial charge < -0.3 is 10.1 Å². The van der Waals surface area contributed by atoms with Crippen LogP contribution in [0.4, 0.5) is 4.79 Å². The van der Waals surface area contributed by atoms with Gasteiger partial charge in [0.1, 0.15) is 11.3 Å². The summed E-state index contributed by atoms with van der Waals surface area (Å²) in [6.07, 6.45) is 6.84. The van der Waals surface area contributed by atoms with E-state index in [2.05, 4.69) is 22.3 Å². The van der Waals surface area contributed by atoms with E-state index < -0.39 is 5.54 Å². The molecule has 1 spiro atoms. The van der Waals surface area contributed by atoms with Gasteiger partial charge in [-0.2, -0.15) is 0 Å². The van der Waals surface area contributed by atoms with Gasteiger partial charge in [0.25, 0.3) is 5.91 Å². The molecule has 0 radical (unpaired) electrons. The van der Waals surface area contributed by atoms with Gasteiger partial charge in [-0.1, -0.05) is 31.4 Å². The second kappa shape index (κ2) is 6.91. The lowest BCUT2D eigenvalue weighted by Crippen LogP contribution is -2.49. The number of rotatable bonds is 4. The van der Waals surface area contributed by atoms with E-state index in [-0.39, 0.29) is 18.0 Å². The van der Waals surface area contributed by atoms with Crippen molar-refractivity contribution in [3.8, 4) is 5.75 Å². The maximum Gasteiger partial charge on any atom is 0.326 e. The topological polar surface area (TPSA) is 61.9 Å². The predicted molar refractivity (Wildman–Crippen MR) is 97.7 cm³/mol. The highest BCUT2D eigenvalue weighted by atomic mass is 16.5. The van der Waals surface area contributed by atoms with E-state index in [9.17, 15) is 9.59 Å². The Labute approximate surface area is 154 Å². The highest BCUT2D eigenvalue weighted by Crippen LogP contribution is 2.36. The number of benzene rings is 1. The summed E-state index contributed by atoms with van der Waals surface area (Å²) in [4.78, 5) is 29.2. The van der Waals surface area contributed by atoms with Crippen LogP contribution in [0.1, 0.15) is 56.6 Å². The monoisotopic (exact) mass is 357 g/mol. The first-order valence-corrected chi connectivity index (χ1v) is 9.65. The summed E-state index contributed by atoms with van der Waals surface area (Å²) in [5.74, 6) is 0.814. The second-order valence-electron chi connectivity index (χ2n) is 7.69. The van der Waals surface area contributed by atoms with Crippen LogP contribution in [-0.4, -0.2) is 47.6 Å². The highest BCUT2D eigenvalue weighted by molar-refractivity contribution is 6.07. The first-order valence-electron chi connectivity index (χ1n) is 9.65. The number of carbonyl (C=O) groups is 2. The van der Waals surface area contributed by atoms with Crippen LogP contribution in [0, 0.1) is 0 Å². The Balaban J connectivity index is 1.48. The molecule has 2 saturated heterocycles. The van der Waals surface area contributed by atoms with Crippen molar-refractivity contribution in [1.82, 2.24) is 15.1 Å². The van der Waals surface area contributed by atoms with Crippen molar-refractivity contribution in [1.29, 1.82) is 0 Å². The molecule has 6 heteroatoms. The van der Waals surface area contributed by atoms with Gasteiger partial charge >= 0.3 is 6.03 Å². The molecule has 140 valence electrons. The Morgan fingerprint density at radius 3 is 2.54 bits per heavy atom. The number of amides is 3. The van der Waals surface area contributed by atoms with Crippen LogP contribution in [0.2, 0.25) is 0 Å². The van der Waals surface area contributed by atoms with Gasteiger partial charge in [0.2, 0.25) is 0 Å². The normalized spacial score (nSPS) is 25.7. The quantitative estimate of drug-likeness (QED) is 0.842. The van der Waals surface area contributed by atoms with E-state index in [1.54, 1.807) is 7.11 Å². The average Bonchev–Trinajstić information content (AvgIpc) is 3.22. The van der Waals surface area contributed by atoms with E-state index in [1.807, 2.05) is 12.1 Å². The van der Waals surface area contributed by atoms with E-state index in [0.717, 1.165) is 57.2 Å². The minimum atomic E-state index is -0.634. The summed E-state index contributed by atoms with van der Waals surface area (Å²) in [6.45, 7) is 1.28. The molecule has 2 heterocycles. The minimum absolute atomic E-state index is 0.0254. The standard InChI is InChI=1S/C20H27N3O3/c1-26-16-9-7-15(8-10-16)17-6-5-13-22(17)14-23-18(24)20(21-19(23)25)11-3-2-4-12-20/h7-10,17H,2-6,11-14H2,1H3,(H,21,25)/t17-/m0/s1. The van der Waals surface area contributed by atoms with Crippen molar-refractivity contribution >= 4 is 11.9 Å². The van der Waals surface area contributed by atoms with Crippen LogP contribution in [-0.2, 0) is 4.79 Å². The van der Waals surface area contributed by atoms with Crippen LogP contribution in [0.15, 0.2) is 24.3 Å². The molecule has 6 nitrogen and oxygen atoms in total. The third-order valence-electron chi connectivity index (χ3n) is 6.14. The fraction of sp³-hybridized carbons (Fsp3) is 0.600. The van der Waals surface area contributed by atoms with Gasteiger partial charge in [-0.25, -0.2) is 9.69 Å². The Morgan fingerprint density at radius 1 is 1.12 bits per heavy atom. The number of hydrogen-bond acceptors (Lipinski definition) is 4. The number of likely N-dealkylation sites (tertiary alicyclic amines) is 1. The fourth-order valence-electron chi connectivity index (χ4n) is 4.68. The number of urea groups is 1. The van der Waals surface area contributed by atoms with Gasteiger partial charge in [-0.15, -0.1) is 0 Å². The van der Waals surface area contributed by atoms with Crippen molar-refractivity contribution in [2.75, 3.05) is 20.3 Å². The molecule has 26 heavy (non-hydrogen) atoms. The molecular weight excluding hydrogens is 330 g/mol. The minimum Gasteiger partial charge on any atom is -0.497 e. The van der Waals surface area contributed by atoms with Crippen LogP contribution in [0.3, 0.4) is 0 Å². The number of imide groups is 1. The molecule has 1 saturated carbocycles. The van der Waals surface area contributed by atoms with Gasteiger partial charge in [0.05, 0.1) is 13.8 Å². The third kappa shape index (κ3) is 2.96. The molecular formula is C20H27N3O3. The maximum absolute atomic E-state index is 13.0. The highest BCUT2D eigenvalue weighted by Gasteiger charge is 2.51. The fourth-order valence-corrected chi connectivity index (χ4v) is 4.68. The number of nitrogens with one attached hydrogen (secondary N) is 1. The molecule has 1 aromatic carbocycles. The summed E-state index contributed by atoms with van der Waals surface area (Å²) in [7, 11) is 1.66. The van der Waals surface area contributed by atoms with Crippen molar-refractivity contribution in [3.63, 3.8) is 0 Å². The maximum atomic E-state index is 13.0. The molecule has 4 rings (SSSR count). The van der Waals surface area contributed by atoms with Gasteiger partial charge in [-0.3, -0.25) is 9.69 Å². The summed E-state index contributed by atoms with van der Waals surface area (Å²) >= 11 is 0. The molecule has 0 aromatic heterocycles. The van der Waals surface area contributed by atoms with Crippen molar-refractivity contribution in [2.45, 2.75) is 56.5 Å². The van der Waals surface area contributed by atoms with Gasteiger partial charge in [0, 0.05) is 12.6 Å². The van der Waals surface area contributed by atoms with Crippen LogP contribution in [0.25, 0.3) is 0 Å². The Hall–Kier alpha value is -2.08. The first kappa shape index (κ1) is 17.3. The predicted octanol–water partition coefficient (Wildman–Crippen LogP) is 3.04. The molecule has 1 atom stereocenters. The number of hydrogen-bond donors (Lipinski definition) is 1. The third-order valence-corrected chi connectivity index (χ3v) is 6.14. The zero-order valence-electron chi connectivity index (χ0n) is 15.4. The number of nitrogens with zero attached hydrogens (tertiary/aromatic N) is 2. The molecule has 1 aromatic rings. The molecule has 3 amide bonds. The SMILES string of the molecule is COc1ccc([C@@H]2CCCN2CN2C(=O)NC3(CCCCC3)C2=O)cc1. The van der Waals surface area contributed by atoms with Crippen LogP contribution < -0.4 is 10.1 Å². The van der Waals surface area contributed by atoms with Crippen LogP contribution in [0.5, 0.6) is 5.75 Å². The average molecular weight is 357 g/mol. The zero-order valence-corrected chi connectivity index (χ0v) is 15.4. The van der Waals surface area contributed by atoms with E-state index in [1.165, 1.54) is 10.5 Å². The number of carbonyl (C=O) groups excluding carboxylic acids is 2. The zero-order chi connectivity index (χ0) is 18.1. The molecule has 3 aliphatic rings. The molecule has 1 N–H and O–H groups in total. The summed E-state index contributed by atoms with van der Waals surface area (Å²) < 4.78 is 5.24. The molecule has 2 aliphatic heterocycles. The Bertz CT molecular complexity index is 682. The smallest absolute Gasteiger partial charge is 0.326 e. The summed E-state index contributed by atoms with van der Waals surface area (Å²) in [5, 5.41) is 3.01. The van der Waals surface area contributed by atoms with Gasteiger partial charge in [0.15, 0.2) is 0 Å². The first-order chi connectivity index (χ1) is 12.6. The lowest BCUT2D eigenvalue weighted by molar-refractivity contribution is -0.134. The summed E-state index contributed by atoms with van der Waals surface area (Å²) in [5.41, 5.74) is 0.577. The number of methoxy groups -OCH3 is 1. The van der Waals surface area contributed by atoms with Crippen LogP contribution >= 0.6 is 0 Å². The second-order valence-corrected chi connectivity index (χ2v) is 7.69. The molecule has 1 aliphatic carbocycles. The van der Waals surface area contributed by atoms with Crippen molar-refractivity contribution in [3.05, 3.63) is 29.8 Å². The van der Waals surface area contributed by atoms with Crippen molar-refractivity contribution < 1.29 is 14.3 Å². The lowest BCUT2D eigenvalue weighted by atomic mass is 9.82. The molecule has 0 unspecified atom stereocenters. The largest absolute Gasteiger partial charge is 0.497 e. The summed E-state index contributed by atoms with van der Waals surface area (Å²) in [6, 6.07) is 8.11. The Morgan fingerprint density at radius 2 is 1.85 bits per heavy atom. The van der Waals surface area contributed by atoms with E-state index in [0.29, 0.717) is 6.67 Å². The Kier molecular flexibility index (Phi) is 4.61. The molecule has 0 bridgehead atoms. The molecule has 3 fully saturated rings. The van der Waals surface area contributed by atoms with Gasteiger partial charge in [-0.05, 0) is 43.4 Å². The lowest BCUT2D eigenvalue weighted by Gasteiger charge is -2.32.